The van der Waals surface area contributed by atoms with Crippen LogP contribution in [0, 0.1) is 0 Å². The molecule has 202 valence electrons. The molecule has 8 nitrogen and oxygen atoms in total. The maximum absolute atomic E-state index is 14.5. The normalized spacial score (nSPS) is 19.4. The van der Waals surface area contributed by atoms with Gasteiger partial charge in [-0.15, -0.1) is 0 Å². The molecular formula is C31H35N5O3. The molecule has 2 amide bonds. The summed E-state index contributed by atoms with van der Waals surface area (Å²) in [6, 6.07) is 12.9. The summed E-state index contributed by atoms with van der Waals surface area (Å²) in [5.41, 5.74) is 4.01. The molecule has 0 spiro atoms. The van der Waals surface area contributed by atoms with Crippen molar-refractivity contribution in [3.63, 3.8) is 0 Å². The number of methoxy groups -OCH3 is 1. The predicted octanol–water partition coefficient (Wildman–Crippen LogP) is 4.36. The minimum Gasteiger partial charge on any atom is -0.383 e. The van der Waals surface area contributed by atoms with Gasteiger partial charge in [-0.05, 0) is 36.8 Å². The number of nitrogens with one attached hydrogen (secondary N) is 1. The molecule has 8 heteroatoms. The minimum atomic E-state index is -0.565. The van der Waals surface area contributed by atoms with Crippen LogP contribution in [0.25, 0.3) is 12.2 Å². The number of carbonyl (C=O) groups excluding carboxylic acids is 2. The number of allylic oxidation sites excluding steroid dienone is 1. The smallest absolute Gasteiger partial charge is 0.254 e. The van der Waals surface area contributed by atoms with E-state index in [4.69, 9.17) is 4.74 Å². The standard InChI is InChI=1S/C31H35N5O3/c1-4-10-26-22(5-2)25(21-33-26)29-28(23-11-6-7-12-24(23)30(37)36(29)19-20-39-3)31(38)35-17-15-34(16-18-35)27-13-8-9-14-32-27/h4-14,21,28-29,33H,2,15-20H2,1,3H3/b10-4-. The summed E-state index contributed by atoms with van der Waals surface area (Å²) in [5.74, 6) is 0.277. The third-order valence-corrected chi connectivity index (χ3v) is 7.65. The Balaban J connectivity index is 1.55. The molecule has 0 radical (unpaired) electrons. The molecule has 3 aromatic rings. The fourth-order valence-electron chi connectivity index (χ4n) is 5.78. The number of piperazine rings is 1. The van der Waals surface area contributed by atoms with Crippen LogP contribution in [0.15, 0.2) is 67.5 Å². The van der Waals surface area contributed by atoms with E-state index < -0.39 is 12.0 Å². The lowest BCUT2D eigenvalue weighted by molar-refractivity contribution is -0.135. The van der Waals surface area contributed by atoms with E-state index in [2.05, 4.69) is 21.4 Å². The first kappa shape index (κ1) is 26.4. The first-order chi connectivity index (χ1) is 19.1. The van der Waals surface area contributed by atoms with Crippen LogP contribution in [0.2, 0.25) is 0 Å². The fourth-order valence-corrected chi connectivity index (χ4v) is 5.78. The number of carbonyl (C=O) groups is 2. The summed E-state index contributed by atoms with van der Waals surface area (Å²) in [6.07, 6.45) is 9.44. The van der Waals surface area contributed by atoms with Gasteiger partial charge >= 0.3 is 0 Å². The number of hydrogen-bond acceptors (Lipinski definition) is 5. The first-order valence-electron chi connectivity index (χ1n) is 13.4. The Labute approximate surface area is 229 Å². The van der Waals surface area contributed by atoms with Crippen LogP contribution in [0.5, 0.6) is 0 Å². The van der Waals surface area contributed by atoms with Crippen LogP contribution in [-0.2, 0) is 9.53 Å². The highest BCUT2D eigenvalue weighted by Crippen LogP contribution is 2.45. The van der Waals surface area contributed by atoms with Crippen molar-refractivity contribution in [3.05, 3.63) is 95.5 Å². The van der Waals surface area contributed by atoms with E-state index >= 15 is 0 Å². The highest BCUT2D eigenvalue weighted by atomic mass is 16.5. The molecule has 39 heavy (non-hydrogen) atoms. The third-order valence-electron chi connectivity index (χ3n) is 7.65. The monoisotopic (exact) mass is 525 g/mol. The molecule has 0 bridgehead atoms. The fraction of sp³-hybridized carbons (Fsp3) is 0.323. The van der Waals surface area contributed by atoms with E-state index in [1.54, 1.807) is 24.3 Å². The number of benzene rings is 1. The Morgan fingerprint density at radius 2 is 1.90 bits per heavy atom. The van der Waals surface area contributed by atoms with Crippen LogP contribution in [0.1, 0.15) is 51.6 Å². The van der Waals surface area contributed by atoms with Gasteiger partial charge in [0, 0.05) is 74.6 Å². The number of hydrogen-bond donors (Lipinski definition) is 1. The Bertz CT molecular complexity index is 1360. The summed E-state index contributed by atoms with van der Waals surface area (Å²) in [6.45, 7) is 9.30. The second kappa shape index (κ2) is 11.7. The molecule has 1 fully saturated rings. The van der Waals surface area contributed by atoms with Crippen molar-refractivity contribution in [2.45, 2.75) is 18.9 Å². The lowest BCUT2D eigenvalue weighted by Gasteiger charge is -2.44. The van der Waals surface area contributed by atoms with Gasteiger partial charge in [0.15, 0.2) is 0 Å². The van der Waals surface area contributed by atoms with Gasteiger partial charge in [-0.2, -0.15) is 0 Å². The minimum absolute atomic E-state index is 0.0202. The topological polar surface area (TPSA) is 81.8 Å². The summed E-state index contributed by atoms with van der Waals surface area (Å²) in [5, 5.41) is 0. The van der Waals surface area contributed by atoms with Gasteiger partial charge in [0.25, 0.3) is 5.91 Å². The highest BCUT2D eigenvalue weighted by molar-refractivity contribution is 6.01. The molecule has 2 atom stereocenters. The SMILES string of the molecule is C=Cc1c(C2C(C(=O)N3CCN(c4ccccn4)CC3)c3ccccc3C(=O)N2CCOC)c[nH]c1/C=C\C. The van der Waals surface area contributed by atoms with Crippen molar-refractivity contribution in [2.24, 2.45) is 0 Å². The first-order valence-corrected chi connectivity index (χ1v) is 13.4. The zero-order valence-corrected chi connectivity index (χ0v) is 22.5. The molecule has 5 rings (SSSR count). The van der Waals surface area contributed by atoms with E-state index in [0.29, 0.717) is 44.9 Å². The summed E-state index contributed by atoms with van der Waals surface area (Å²) >= 11 is 0. The highest BCUT2D eigenvalue weighted by Gasteiger charge is 2.46. The van der Waals surface area contributed by atoms with Crippen LogP contribution in [0.3, 0.4) is 0 Å². The second-order valence-corrected chi connectivity index (χ2v) is 9.78. The number of anilines is 1. The van der Waals surface area contributed by atoms with Crippen LogP contribution in [-0.4, -0.2) is 78.0 Å². The predicted molar refractivity (Wildman–Crippen MR) is 153 cm³/mol. The number of aromatic nitrogens is 2. The van der Waals surface area contributed by atoms with E-state index in [1.165, 1.54) is 0 Å². The molecule has 2 aliphatic rings. The maximum atomic E-state index is 14.5. The molecule has 1 N–H and O–H groups in total. The number of nitrogens with zero attached hydrogens (tertiary/aromatic N) is 4. The molecule has 1 saturated heterocycles. The van der Waals surface area contributed by atoms with Gasteiger partial charge in [0.2, 0.25) is 5.91 Å². The van der Waals surface area contributed by atoms with Crippen molar-refractivity contribution >= 4 is 29.8 Å². The lowest BCUT2D eigenvalue weighted by Crippen LogP contribution is -2.54. The average Bonchev–Trinajstić information content (AvgIpc) is 3.39. The Morgan fingerprint density at radius 3 is 2.59 bits per heavy atom. The molecule has 2 aromatic heterocycles. The maximum Gasteiger partial charge on any atom is 0.254 e. The number of ether oxygens (including phenoxy) is 1. The van der Waals surface area contributed by atoms with Crippen LogP contribution in [0.4, 0.5) is 5.82 Å². The van der Waals surface area contributed by atoms with E-state index in [1.807, 2.05) is 72.6 Å². The van der Waals surface area contributed by atoms with E-state index in [0.717, 1.165) is 28.2 Å². The molecule has 4 heterocycles. The Morgan fingerprint density at radius 1 is 1.13 bits per heavy atom. The quantitative estimate of drug-likeness (QED) is 0.473. The Hall–Kier alpha value is -4.17. The second-order valence-electron chi connectivity index (χ2n) is 9.78. The van der Waals surface area contributed by atoms with Crippen LogP contribution >= 0.6 is 0 Å². The summed E-state index contributed by atoms with van der Waals surface area (Å²) in [7, 11) is 1.62. The summed E-state index contributed by atoms with van der Waals surface area (Å²) < 4.78 is 5.39. The van der Waals surface area contributed by atoms with Crippen molar-refractivity contribution in [1.29, 1.82) is 0 Å². The number of pyridine rings is 1. The van der Waals surface area contributed by atoms with Crippen molar-refractivity contribution in [1.82, 2.24) is 19.8 Å². The van der Waals surface area contributed by atoms with E-state index in [9.17, 15) is 9.59 Å². The summed E-state index contributed by atoms with van der Waals surface area (Å²) in [4.78, 5) is 42.1. The van der Waals surface area contributed by atoms with Gasteiger partial charge in [-0.1, -0.05) is 43.0 Å². The molecule has 0 saturated carbocycles. The average molecular weight is 526 g/mol. The Kier molecular flexibility index (Phi) is 7.93. The number of amides is 2. The molecule has 2 unspecified atom stereocenters. The van der Waals surface area contributed by atoms with Gasteiger partial charge in [-0.25, -0.2) is 4.98 Å². The molecule has 1 aromatic carbocycles. The van der Waals surface area contributed by atoms with Crippen LogP contribution < -0.4 is 4.90 Å². The van der Waals surface area contributed by atoms with Crippen molar-refractivity contribution in [2.75, 3.05) is 51.3 Å². The largest absolute Gasteiger partial charge is 0.383 e. The zero-order valence-electron chi connectivity index (χ0n) is 22.5. The van der Waals surface area contributed by atoms with Gasteiger partial charge in [0.1, 0.15) is 5.82 Å². The number of fused-ring (bicyclic) bond motifs is 1. The molecular weight excluding hydrogens is 490 g/mol. The number of aromatic amines is 1. The van der Waals surface area contributed by atoms with Gasteiger partial charge in [0.05, 0.1) is 18.6 Å². The van der Waals surface area contributed by atoms with Gasteiger partial charge < -0.3 is 24.4 Å². The molecule has 0 aliphatic carbocycles. The number of rotatable bonds is 8. The van der Waals surface area contributed by atoms with Gasteiger partial charge in [-0.3, -0.25) is 9.59 Å². The molecule has 2 aliphatic heterocycles. The van der Waals surface area contributed by atoms with E-state index in [-0.39, 0.29) is 11.8 Å². The third kappa shape index (κ3) is 5.00. The number of H-pyrrole nitrogens is 1. The van der Waals surface area contributed by atoms with Crippen molar-refractivity contribution < 1.29 is 14.3 Å². The zero-order chi connectivity index (χ0) is 27.4. The van der Waals surface area contributed by atoms with Crippen molar-refractivity contribution in [3.8, 4) is 0 Å². The lowest BCUT2D eigenvalue weighted by atomic mass is 9.78.